The van der Waals surface area contributed by atoms with Crippen molar-refractivity contribution in [3.63, 3.8) is 0 Å². The van der Waals surface area contributed by atoms with E-state index in [1.807, 2.05) is 33.7 Å². The van der Waals surface area contributed by atoms with Crippen LogP contribution < -0.4 is 10.9 Å². The lowest BCUT2D eigenvalue weighted by atomic mass is 9.82. The van der Waals surface area contributed by atoms with E-state index in [4.69, 9.17) is 0 Å². The smallest absolute Gasteiger partial charge is 0.274 e. The number of hydrogen-bond acceptors (Lipinski definition) is 4. The molecule has 1 aromatic carbocycles. The molecule has 0 radical (unpaired) electrons. The molecule has 2 bridgehead atoms. The molecule has 168 valence electrons. The van der Waals surface area contributed by atoms with Gasteiger partial charge in [0.15, 0.2) is 0 Å². The molecule has 3 aliphatic rings. The maximum atomic E-state index is 13.2. The van der Waals surface area contributed by atoms with Gasteiger partial charge in [-0.3, -0.25) is 19.3 Å². The monoisotopic (exact) mass is 434 g/mol. The average molecular weight is 435 g/mol. The number of anilines is 1. The summed E-state index contributed by atoms with van der Waals surface area (Å²) in [6.07, 6.45) is 3.16. The zero-order valence-corrected chi connectivity index (χ0v) is 18.5. The fraction of sp³-hybridized carbons (Fsp3) is 0.480. The van der Waals surface area contributed by atoms with Crippen molar-refractivity contribution in [2.75, 3.05) is 31.5 Å². The summed E-state index contributed by atoms with van der Waals surface area (Å²) in [7, 11) is 0. The van der Waals surface area contributed by atoms with Crippen molar-refractivity contribution in [3.05, 3.63) is 64.1 Å². The molecule has 0 aliphatic carbocycles. The highest BCUT2D eigenvalue weighted by Crippen LogP contribution is 2.37. The van der Waals surface area contributed by atoms with Crippen molar-refractivity contribution < 1.29 is 9.59 Å². The number of benzene rings is 1. The standard InChI is InChI=1S/C25H30N4O3/c1-17(30)27-11-9-21(10-12-27)28-14-18-13-20(16-28)23-8-7-22(25(32)29(23)15-18)26-24(31)19-5-3-2-4-6-19/h2-8,18,20-21H,9-16H2,1H3,(H,26,31)/t18-,20+/m0/s1. The molecule has 5 rings (SSSR count). The molecule has 32 heavy (non-hydrogen) atoms. The van der Waals surface area contributed by atoms with Gasteiger partial charge in [0.25, 0.3) is 11.5 Å². The molecule has 2 saturated heterocycles. The van der Waals surface area contributed by atoms with Crippen LogP contribution in [0.15, 0.2) is 47.3 Å². The number of aromatic nitrogens is 1. The Hall–Kier alpha value is -2.93. The molecule has 2 atom stereocenters. The minimum Gasteiger partial charge on any atom is -0.343 e. The Kier molecular flexibility index (Phi) is 5.59. The molecule has 0 saturated carbocycles. The second-order valence-electron chi connectivity index (χ2n) is 9.40. The van der Waals surface area contributed by atoms with E-state index in [1.54, 1.807) is 25.1 Å². The number of amides is 2. The molecule has 3 aliphatic heterocycles. The van der Waals surface area contributed by atoms with Gasteiger partial charge in [0.1, 0.15) is 5.69 Å². The zero-order valence-electron chi connectivity index (χ0n) is 18.5. The number of carbonyl (C=O) groups excluding carboxylic acids is 2. The van der Waals surface area contributed by atoms with Crippen molar-refractivity contribution in [1.29, 1.82) is 0 Å². The summed E-state index contributed by atoms with van der Waals surface area (Å²) >= 11 is 0. The van der Waals surface area contributed by atoms with Crippen LogP contribution in [0.2, 0.25) is 0 Å². The minimum absolute atomic E-state index is 0.107. The average Bonchev–Trinajstić information content (AvgIpc) is 2.81. The third kappa shape index (κ3) is 3.97. The van der Waals surface area contributed by atoms with E-state index in [2.05, 4.69) is 10.2 Å². The summed E-state index contributed by atoms with van der Waals surface area (Å²) in [6, 6.07) is 13.3. The van der Waals surface area contributed by atoms with Crippen molar-refractivity contribution in [1.82, 2.24) is 14.4 Å². The molecular formula is C25H30N4O3. The second kappa shape index (κ2) is 8.54. The van der Waals surface area contributed by atoms with Crippen molar-refractivity contribution in [2.24, 2.45) is 5.92 Å². The zero-order chi connectivity index (χ0) is 22.2. The Morgan fingerprint density at radius 2 is 1.72 bits per heavy atom. The fourth-order valence-corrected chi connectivity index (χ4v) is 5.71. The van der Waals surface area contributed by atoms with Crippen LogP contribution in [0.3, 0.4) is 0 Å². The van der Waals surface area contributed by atoms with Crippen LogP contribution in [-0.2, 0) is 11.3 Å². The number of nitrogens with zero attached hydrogens (tertiary/aromatic N) is 3. The van der Waals surface area contributed by atoms with Crippen LogP contribution in [0.4, 0.5) is 5.69 Å². The summed E-state index contributed by atoms with van der Waals surface area (Å²) in [5, 5.41) is 2.80. The number of piperidine rings is 2. The lowest BCUT2D eigenvalue weighted by Crippen LogP contribution is -2.53. The number of hydrogen-bond donors (Lipinski definition) is 1. The quantitative estimate of drug-likeness (QED) is 0.806. The first-order chi connectivity index (χ1) is 15.5. The lowest BCUT2D eigenvalue weighted by Gasteiger charge is -2.47. The number of fused-ring (bicyclic) bond motifs is 4. The van der Waals surface area contributed by atoms with Gasteiger partial charge in [0.2, 0.25) is 5.91 Å². The topological polar surface area (TPSA) is 74.7 Å². The van der Waals surface area contributed by atoms with Gasteiger partial charge in [0.05, 0.1) is 0 Å². The summed E-state index contributed by atoms with van der Waals surface area (Å²) in [5.41, 5.74) is 1.86. The molecular weight excluding hydrogens is 404 g/mol. The van der Waals surface area contributed by atoms with E-state index in [9.17, 15) is 14.4 Å². The second-order valence-corrected chi connectivity index (χ2v) is 9.40. The minimum atomic E-state index is -0.262. The Morgan fingerprint density at radius 1 is 0.969 bits per heavy atom. The number of likely N-dealkylation sites (tertiary alicyclic amines) is 2. The third-order valence-electron chi connectivity index (χ3n) is 7.34. The van der Waals surface area contributed by atoms with E-state index in [0.29, 0.717) is 35.7 Å². The number of rotatable bonds is 3. The Labute approximate surface area is 188 Å². The maximum absolute atomic E-state index is 13.2. The van der Waals surface area contributed by atoms with E-state index in [1.165, 1.54) is 0 Å². The van der Waals surface area contributed by atoms with E-state index in [-0.39, 0.29) is 17.4 Å². The SMILES string of the molecule is CC(=O)N1CCC(N2C[C@@H]3C[C@H](C2)c2ccc(NC(=O)c4ccccc4)c(=O)n2C3)CC1. The van der Waals surface area contributed by atoms with Crippen molar-refractivity contribution in [2.45, 2.75) is 44.7 Å². The van der Waals surface area contributed by atoms with Gasteiger partial charge in [-0.05, 0) is 49.4 Å². The Morgan fingerprint density at radius 3 is 2.44 bits per heavy atom. The summed E-state index contributed by atoms with van der Waals surface area (Å²) in [5.74, 6) is 0.675. The first-order valence-electron chi connectivity index (χ1n) is 11.6. The van der Waals surface area contributed by atoms with Crippen LogP contribution in [0, 0.1) is 5.92 Å². The molecule has 7 heteroatoms. The highest BCUT2D eigenvalue weighted by atomic mass is 16.2. The van der Waals surface area contributed by atoms with E-state index in [0.717, 1.165) is 51.1 Å². The summed E-state index contributed by atoms with van der Waals surface area (Å²) in [6.45, 7) is 5.97. The molecule has 4 heterocycles. The summed E-state index contributed by atoms with van der Waals surface area (Å²) < 4.78 is 1.88. The fourth-order valence-electron chi connectivity index (χ4n) is 5.71. The maximum Gasteiger partial charge on any atom is 0.274 e. The first kappa shape index (κ1) is 20.9. The van der Waals surface area contributed by atoms with Crippen LogP contribution in [0.25, 0.3) is 0 Å². The largest absolute Gasteiger partial charge is 0.343 e. The molecule has 2 aromatic rings. The van der Waals surface area contributed by atoms with Gasteiger partial charge in [0, 0.05) is 62.9 Å². The number of pyridine rings is 1. The lowest BCUT2D eigenvalue weighted by molar-refractivity contribution is -0.130. The van der Waals surface area contributed by atoms with Gasteiger partial charge in [-0.2, -0.15) is 0 Å². The molecule has 0 spiro atoms. The molecule has 2 amide bonds. The summed E-state index contributed by atoms with van der Waals surface area (Å²) in [4.78, 5) is 41.9. The molecule has 7 nitrogen and oxygen atoms in total. The van der Waals surface area contributed by atoms with Crippen LogP contribution in [-0.4, -0.2) is 58.4 Å². The van der Waals surface area contributed by atoms with Gasteiger partial charge in [-0.25, -0.2) is 0 Å². The molecule has 0 unspecified atom stereocenters. The van der Waals surface area contributed by atoms with Gasteiger partial charge in [-0.1, -0.05) is 18.2 Å². The first-order valence-corrected chi connectivity index (χ1v) is 11.6. The number of carbonyl (C=O) groups is 2. The van der Waals surface area contributed by atoms with Crippen LogP contribution in [0.5, 0.6) is 0 Å². The van der Waals surface area contributed by atoms with E-state index < -0.39 is 0 Å². The highest BCUT2D eigenvalue weighted by Gasteiger charge is 2.38. The van der Waals surface area contributed by atoms with Crippen LogP contribution >= 0.6 is 0 Å². The predicted octanol–water partition coefficient (Wildman–Crippen LogP) is 2.53. The van der Waals surface area contributed by atoms with E-state index >= 15 is 0 Å². The third-order valence-corrected chi connectivity index (χ3v) is 7.34. The van der Waals surface area contributed by atoms with Gasteiger partial charge >= 0.3 is 0 Å². The number of nitrogens with one attached hydrogen (secondary N) is 1. The highest BCUT2D eigenvalue weighted by molar-refractivity contribution is 6.04. The Bertz CT molecular complexity index is 1070. The normalized spacial score (nSPS) is 23.5. The predicted molar refractivity (Wildman–Crippen MR) is 123 cm³/mol. The van der Waals surface area contributed by atoms with Crippen molar-refractivity contribution >= 4 is 17.5 Å². The molecule has 1 N–H and O–H groups in total. The van der Waals surface area contributed by atoms with Gasteiger partial charge in [-0.15, -0.1) is 0 Å². The van der Waals surface area contributed by atoms with Gasteiger partial charge < -0.3 is 14.8 Å². The molecule has 2 fully saturated rings. The van der Waals surface area contributed by atoms with Crippen molar-refractivity contribution in [3.8, 4) is 0 Å². The molecule has 1 aromatic heterocycles. The van der Waals surface area contributed by atoms with Crippen LogP contribution in [0.1, 0.15) is 48.2 Å². The Balaban J connectivity index is 1.31.